The van der Waals surface area contributed by atoms with E-state index in [2.05, 4.69) is 0 Å². The first-order valence-electron chi connectivity index (χ1n) is 5.59. The minimum absolute atomic E-state index is 0.0493. The molecule has 1 saturated heterocycles. The number of benzene rings is 1. The molecular weight excluding hydrogens is 238 g/mol. The van der Waals surface area contributed by atoms with Gasteiger partial charge in [-0.3, -0.25) is 14.9 Å². The summed E-state index contributed by atoms with van der Waals surface area (Å²) < 4.78 is 10.6. The third-order valence-electron chi connectivity index (χ3n) is 2.77. The Morgan fingerprint density at radius 3 is 2.67 bits per heavy atom. The number of non-ortho nitro benzene ring substituents is 1. The lowest BCUT2D eigenvalue weighted by molar-refractivity contribution is -0.384. The number of esters is 1. The van der Waals surface area contributed by atoms with E-state index in [0.29, 0.717) is 13.0 Å². The number of carbonyl (C=O) groups is 1. The van der Waals surface area contributed by atoms with E-state index in [4.69, 9.17) is 9.47 Å². The van der Waals surface area contributed by atoms with E-state index in [1.807, 2.05) is 0 Å². The first-order chi connectivity index (χ1) is 8.56. The smallest absolute Gasteiger partial charge is 0.302 e. The molecule has 2 rings (SSSR count). The number of hydrogen-bond acceptors (Lipinski definition) is 5. The van der Waals surface area contributed by atoms with Crippen LogP contribution in [0.5, 0.6) is 0 Å². The van der Waals surface area contributed by atoms with Gasteiger partial charge in [0.15, 0.2) is 0 Å². The molecule has 0 N–H and O–H groups in total. The number of ether oxygens (including phenoxy) is 2. The van der Waals surface area contributed by atoms with E-state index in [1.165, 1.54) is 19.1 Å². The standard InChI is InChI=1S/C12H13NO5/c1-8(14)18-11-6-12(17-7-11)9-2-4-10(5-3-9)13(15)16/h2-5,11-12H,6-7H2,1H3/t11-,12-/m0/s1. The third kappa shape index (κ3) is 2.84. The van der Waals surface area contributed by atoms with Crippen LogP contribution in [0.4, 0.5) is 5.69 Å². The van der Waals surface area contributed by atoms with Gasteiger partial charge in [-0.1, -0.05) is 0 Å². The normalized spacial score (nSPS) is 22.7. The van der Waals surface area contributed by atoms with E-state index in [9.17, 15) is 14.9 Å². The summed E-state index contributed by atoms with van der Waals surface area (Å²) in [5.74, 6) is -0.326. The second-order valence-electron chi connectivity index (χ2n) is 4.14. The van der Waals surface area contributed by atoms with Gasteiger partial charge in [-0.25, -0.2) is 0 Å². The van der Waals surface area contributed by atoms with Crippen LogP contribution in [0.25, 0.3) is 0 Å². The topological polar surface area (TPSA) is 78.7 Å². The van der Waals surface area contributed by atoms with Gasteiger partial charge in [-0.2, -0.15) is 0 Å². The number of carbonyl (C=O) groups excluding carboxylic acids is 1. The molecule has 0 unspecified atom stereocenters. The molecular formula is C12H13NO5. The summed E-state index contributed by atoms with van der Waals surface area (Å²) in [5, 5.41) is 10.5. The number of nitro groups is 1. The fraction of sp³-hybridized carbons (Fsp3) is 0.417. The molecule has 0 bridgehead atoms. The van der Waals surface area contributed by atoms with Gasteiger partial charge < -0.3 is 9.47 Å². The minimum Gasteiger partial charge on any atom is -0.460 e. The lowest BCUT2D eigenvalue weighted by Gasteiger charge is -2.09. The molecule has 1 fully saturated rings. The van der Waals surface area contributed by atoms with Crippen molar-refractivity contribution in [1.29, 1.82) is 0 Å². The molecule has 0 aromatic heterocycles. The van der Waals surface area contributed by atoms with Crippen LogP contribution in [-0.4, -0.2) is 23.6 Å². The van der Waals surface area contributed by atoms with Gasteiger partial charge in [0, 0.05) is 25.5 Å². The Hall–Kier alpha value is -1.95. The molecule has 6 nitrogen and oxygen atoms in total. The van der Waals surface area contributed by atoms with Crippen molar-refractivity contribution in [3.8, 4) is 0 Å². The zero-order valence-corrected chi connectivity index (χ0v) is 9.87. The van der Waals surface area contributed by atoms with Crippen molar-refractivity contribution in [2.75, 3.05) is 6.61 Å². The number of hydrogen-bond donors (Lipinski definition) is 0. The molecule has 1 aliphatic heterocycles. The SMILES string of the molecule is CC(=O)O[C@@H]1CO[C@H](c2ccc([N+](=O)[O-])cc2)C1. The van der Waals surface area contributed by atoms with E-state index in [1.54, 1.807) is 12.1 Å². The first kappa shape index (κ1) is 12.5. The van der Waals surface area contributed by atoms with Crippen LogP contribution in [0.2, 0.25) is 0 Å². The second kappa shape index (κ2) is 5.14. The summed E-state index contributed by atoms with van der Waals surface area (Å²) in [6.45, 7) is 1.72. The van der Waals surface area contributed by atoms with Crippen LogP contribution in [-0.2, 0) is 14.3 Å². The lowest BCUT2D eigenvalue weighted by Crippen LogP contribution is -2.15. The van der Waals surface area contributed by atoms with E-state index in [0.717, 1.165) is 5.56 Å². The fourth-order valence-corrected chi connectivity index (χ4v) is 1.96. The molecule has 1 aliphatic rings. The van der Waals surface area contributed by atoms with Gasteiger partial charge in [-0.15, -0.1) is 0 Å². The Morgan fingerprint density at radius 1 is 1.44 bits per heavy atom. The zero-order chi connectivity index (χ0) is 13.1. The fourth-order valence-electron chi connectivity index (χ4n) is 1.96. The van der Waals surface area contributed by atoms with Crippen molar-refractivity contribution in [2.24, 2.45) is 0 Å². The Bertz CT molecular complexity index is 456. The highest BCUT2D eigenvalue weighted by Gasteiger charge is 2.28. The van der Waals surface area contributed by atoms with Gasteiger partial charge >= 0.3 is 5.97 Å². The average Bonchev–Trinajstić information content (AvgIpc) is 2.76. The van der Waals surface area contributed by atoms with Crippen LogP contribution in [0.15, 0.2) is 24.3 Å². The van der Waals surface area contributed by atoms with Gasteiger partial charge in [0.2, 0.25) is 0 Å². The predicted octanol–water partition coefficient (Wildman–Crippen LogP) is 1.99. The van der Waals surface area contributed by atoms with Crippen molar-refractivity contribution >= 4 is 11.7 Å². The summed E-state index contributed by atoms with van der Waals surface area (Å²) in [7, 11) is 0. The Labute approximate surface area is 104 Å². The van der Waals surface area contributed by atoms with Gasteiger partial charge in [-0.05, 0) is 17.7 Å². The molecule has 6 heteroatoms. The second-order valence-corrected chi connectivity index (χ2v) is 4.14. The van der Waals surface area contributed by atoms with Crippen LogP contribution < -0.4 is 0 Å². The molecule has 0 aliphatic carbocycles. The quantitative estimate of drug-likeness (QED) is 0.466. The molecule has 0 saturated carbocycles. The third-order valence-corrected chi connectivity index (χ3v) is 2.77. The molecule has 0 radical (unpaired) electrons. The van der Waals surface area contributed by atoms with E-state index in [-0.39, 0.29) is 23.9 Å². The Morgan fingerprint density at radius 2 is 2.11 bits per heavy atom. The van der Waals surface area contributed by atoms with Gasteiger partial charge in [0.25, 0.3) is 5.69 Å². The molecule has 1 aromatic carbocycles. The summed E-state index contributed by atoms with van der Waals surface area (Å²) in [4.78, 5) is 20.9. The maximum atomic E-state index is 10.8. The van der Waals surface area contributed by atoms with Crippen molar-refractivity contribution in [1.82, 2.24) is 0 Å². The maximum absolute atomic E-state index is 10.8. The number of nitro benzene ring substituents is 1. The largest absolute Gasteiger partial charge is 0.460 e. The molecule has 0 amide bonds. The molecule has 96 valence electrons. The molecule has 2 atom stereocenters. The monoisotopic (exact) mass is 251 g/mol. The van der Waals surface area contributed by atoms with E-state index < -0.39 is 4.92 Å². The number of rotatable bonds is 3. The molecule has 1 heterocycles. The Balaban J connectivity index is 2.01. The van der Waals surface area contributed by atoms with Crippen LogP contribution >= 0.6 is 0 Å². The Kier molecular flexibility index (Phi) is 3.57. The van der Waals surface area contributed by atoms with E-state index >= 15 is 0 Å². The van der Waals surface area contributed by atoms with Crippen LogP contribution in [0.1, 0.15) is 25.0 Å². The maximum Gasteiger partial charge on any atom is 0.302 e. The summed E-state index contributed by atoms with van der Waals surface area (Å²) in [5.41, 5.74) is 0.906. The lowest BCUT2D eigenvalue weighted by atomic mass is 10.1. The highest BCUT2D eigenvalue weighted by molar-refractivity contribution is 5.66. The highest BCUT2D eigenvalue weighted by Crippen LogP contribution is 2.31. The molecule has 0 spiro atoms. The average molecular weight is 251 g/mol. The zero-order valence-electron chi connectivity index (χ0n) is 9.87. The molecule has 18 heavy (non-hydrogen) atoms. The van der Waals surface area contributed by atoms with Crippen molar-refractivity contribution < 1.29 is 19.2 Å². The summed E-state index contributed by atoms with van der Waals surface area (Å²) in [6.07, 6.45) is 0.176. The van der Waals surface area contributed by atoms with Crippen molar-refractivity contribution in [3.63, 3.8) is 0 Å². The van der Waals surface area contributed by atoms with Gasteiger partial charge in [0.1, 0.15) is 6.10 Å². The van der Waals surface area contributed by atoms with Crippen molar-refractivity contribution in [3.05, 3.63) is 39.9 Å². The highest BCUT2D eigenvalue weighted by atomic mass is 16.6. The predicted molar refractivity (Wildman–Crippen MR) is 62.0 cm³/mol. The van der Waals surface area contributed by atoms with Crippen LogP contribution in [0, 0.1) is 10.1 Å². The summed E-state index contributed by atoms with van der Waals surface area (Å²) >= 11 is 0. The van der Waals surface area contributed by atoms with Gasteiger partial charge in [0.05, 0.1) is 17.6 Å². The van der Waals surface area contributed by atoms with Crippen LogP contribution in [0.3, 0.4) is 0 Å². The minimum atomic E-state index is -0.444. The summed E-state index contributed by atoms with van der Waals surface area (Å²) in [6, 6.07) is 6.22. The first-order valence-corrected chi connectivity index (χ1v) is 5.59. The number of nitrogens with zero attached hydrogens (tertiary/aromatic N) is 1. The van der Waals surface area contributed by atoms with Crippen molar-refractivity contribution in [2.45, 2.75) is 25.6 Å². The molecule has 1 aromatic rings.